The molecule has 0 unspecified atom stereocenters. The van der Waals surface area contributed by atoms with Gasteiger partial charge in [-0.05, 0) is 110 Å². The average molecular weight is 1200 g/mol. The van der Waals surface area contributed by atoms with Crippen molar-refractivity contribution in [1.29, 1.82) is 0 Å². The number of fused-ring (bicyclic) bond motifs is 18. The standard InChI is InChI=1S/C78H96N12/c1-4-7-10-13-16-19-22-25-28-31-46-85-73-40-34-58-49-64(73)67-52-61(37-43-76(67)85)88-56-71(80-82-88)59-35-41-74-65(50-59)69-54-63(39-45-78(69)86(74)47-32-29-26-23-20-17-14-11-8-5-2)90-57-72(81-84-90)60-36-42-75-66(51-60)68-53-62(89-55-70(58)79-83-89)38-44-77(68)87(75)48-33-30-27-24-21-18-15-12-9-6-3/h34-45,49-57H,4-33,46-48H2,1-3H3. The summed E-state index contributed by atoms with van der Waals surface area (Å²) in [5, 5.41) is 39.5. The van der Waals surface area contributed by atoms with E-state index in [1.165, 1.54) is 239 Å². The minimum atomic E-state index is 0.837. The highest BCUT2D eigenvalue weighted by Gasteiger charge is 2.17. The minimum absolute atomic E-state index is 0.837. The Kier molecular flexibility index (Phi) is 19.9. The lowest BCUT2D eigenvalue weighted by Gasteiger charge is -2.08. The zero-order valence-corrected chi connectivity index (χ0v) is 54.3. The lowest BCUT2D eigenvalue weighted by atomic mass is 10.1. The van der Waals surface area contributed by atoms with Crippen LogP contribution in [0.2, 0.25) is 0 Å². The summed E-state index contributed by atoms with van der Waals surface area (Å²) >= 11 is 0. The third-order valence-electron chi connectivity index (χ3n) is 19.9. The maximum Gasteiger partial charge on any atom is 0.113 e. The second-order valence-electron chi connectivity index (χ2n) is 26.4. The Hall–Kier alpha value is -7.86. The van der Waals surface area contributed by atoms with Crippen LogP contribution in [0.15, 0.2) is 128 Å². The molecule has 6 aromatic carbocycles. The fourth-order valence-electron chi connectivity index (χ4n) is 14.7. The zero-order chi connectivity index (χ0) is 61.0. The monoisotopic (exact) mass is 1200 g/mol. The number of nitrogens with zero attached hydrogens (tertiary/aromatic N) is 12. The van der Waals surface area contributed by atoms with Crippen LogP contribution in [0, 0.1) is 0 Å². The van der Waals surface area contributed by atoms with Crippen LogP contribution in [0.3, 0.4) is 0 Å². The molecule has 468 valence electrons. The third-order valence-corrected chi connectivity index (χ3v) is 19.9. The predicted molar refractivity (Wildman–Crippen MR) is 380 cm³/mol. The molecule has 0 fully saturated rings. The molecule has 0 aliphatic rings. The number of hydrogen-bond acceptors (Lipinski definition) is 6. The Balaban J connectivity index is 0.918. The van der Waals surface area contributed by atoms with Crippen molar-refractivity contribution in [3.8, 4) is 0 Å². The van der Waals surface area contributed by atoms with E-state index in [-0.39, 0.29) is 0 Å². The molecule has 0 aliphatic carbocycles. The second-order valence-corrected chi connectivity index (χ2v) is 26.4. The number of aryl methyl sites for hydroxylation is 3. The summed E-state index contributed by atoms with van der Waals surface area (Å²) in [6.45, 7) is 9.81. The molecule has 0 aliphatic heterocycles. The quantitative estimate of drug-likeness (QED) is 0.0380. The Morgan fingerprint density at radius 3 is 0.722 bits per heavy atom. The fraction of sp³-hybridized carbons (Fsp3) is 0.462. The van der Waals surface area contributed by atoms with Gasteiger partial charge in [0.05, 0.1) is 35.1 Å². The first-order valence-electron chi connectivity index (χ1n) is 35.5. The van der Waals surface area contributed by atoms with E-state index in [9.17, 15) is 0 Å². The molecule has 18 bridgehead atoms. The molecule has 7 heterocycles. The van der Waals surface area contributed by atoms with Gasteiger partial charge in [0.2, 0.25) is 0 Å². The van der Waals surface area contributed by atoms with Crippen LogP contribution in [-0.2, 0) is 19.6 Å². The number of benzene rings is 6. The van der Waals surface area contributed by atoms with Gasteiger partial charge in [-0.1, -0.05) is 228 Å². The first-order chi connectivity index (χ1) is 44.5. The fourth-order valence-corrected chi connectivity index (χ4v) is 14.7. The SMILES string of the molecule is CCCCCCCCCCCCn1c2ccc3cc2c2cc(ccc21)n1cc(nn1)c1ccc2c(c1)c1cc(ccc1n2CCCCCCCCCCCC)n1cc(nn1)c1ccc2c(c1)c1cc(ccc1n2CCCCCCCCCCCC)n1cc3nn1. The van der Waals surface area contributed by atoms with Gasteiger partial charge in [0.15, 0.2) is 0 Å². The topological polar surface area (TPSA) is 105 Å². The van der Waals surface area contributed by atoms with Crippen molar-refractivity contribution < 1.29 is 0 Å². The van der Waals surface area contributed by atoms with E-state index in [1.807, 2.05) is 13.5 Å². The molecule has 0 saturated heterocycles. The van der Waals surface area contributed by atoms with Crippen LogP contribution in [0.5, 0.6) is 0 Å². The van der Waals surface area contributed by atoms with Gasteiger partial charge in [0.25, 0.3) is 0 Å². The van der Waals surface area contributed by atoms with E-state index in [0.717, 1.165) is 88.2 Å². The second kappa shape index (κ2) is 29.4. The molecular weight excluding hydrogens is 1100 g/mol. The van der Waals surface area contributed by atoms with Gasteiger partial charge in [-0.25, -0.2) is 13.5 Å². The Bertz CT molecular complexity index is 3960. The molecule has 12 nitrogen and oxygen atoms in total. The number of aromatic nitrogens is 12. The largest absolute Gasteiger partial charge is 0.340 e. The molecule has 0 saturated carbocycles. The zero-order valence-electron chi connectivity index (χ0n) is 54.3. The van der Waals surface area contributed by atoms with Crippen LogP contribution >= 0.6 is 0 Å². The highest BCUT2D eigenvalue weighted by Crippen LogP contribution is 2.37. The van der Waals surface area contributed by atoms with Crippen molar-refractivity contribution in [3.63, 3.8) is 0 Å². The molecule has 0 spiro atoms. The number of hydrogen-bond donors (Lipinski definition) is 0. The van der Waals surface area contributed by atoms with E-state index in [0.29, 0.717) is 0 Å². The van der Waals surface area contributed by atoms with Gasteiger partial charge in [0, 0.05) is 101 Å². The first kappa shape index (κ1) is 61.0. The van der Waals surface area contributed by atoms with Crippen LogP contribution < -0.4 is 0 Å². The minimum Gasteiger partial charge on any atom is -0.340 e. The molecule has 90 heavy (non-hydrogen) atoms. The predicted octanol–water partition coefficient (Wildman–Crippen LogP) is 22.0. The normalized spacial score (nSPS) is 12.3. The maximum atomic E-state index is 4.89. The first-order valence-corrected chi connectivity index (χ1v) is 35.5. The van der Waals surface area contributed by atoms with Gasteiger partial charge in [-0.2, -0.15) is 0 Å². The molecule has 12 heteroatoms. The third kappa shape index (κ3) is 13.5. The van der Waals surface area contributed by atoms with Crippen molar-refractivity contribution in [2.75, 3.05) is 0 Å². The summed E-state index contributed by atoms with van der Waals surface area (Å²) in [4.78, 5) is 0. The molecule has 13 aromatic rings. The van der Waals surface area contributed by atoms with Crippen LogP contribution in [0.25, 0.3) is 115 Å². The molecule has 0 atom stereocenters. The molecule has 13 rings (SSSR count). The Morgan fingerprint density at radius 1 is 0.244 bits per heavy atom. The van der Waals surface area contributed by atoms with Gasteiger partial charge in [0.1, 0.15) is 16.6 Å². The van der Waals surface area contributed by atoms with Crippen LogP contribution in [0.1, 0.15) is 213 Å². The van der Waals surface area contributed by atoms with Gasteiger partial charge < -0.3 is 13.7 Å². The highest BCUT2D eigenvalue weighted by molar-refractivity contribution is 6.14. The summed E-state index contributed by atoms with van der Waals surface area (Å²) in [5.74, 6) is 0. The van der Waals surface area contributed by atoms with Crippen LogP contribution in [-0.4, -0.2) is 58.2 Å². The summed E-state index contributed by atoms with van der Waals surface area (Å²) in [6.07, 6.45) is 45.7. The van der Waals surface area contributed by atoms with Crippen molar-refractivity contribution >= 4 is 115 Å². The number of unbranched alkanes of at least 4 members (excludes halogenated alkanes) is 27. The van der Waals surface area contributed by atoms with E-state index in [1.54, 1.807) is 0 Å². The lowest BCUT2D eigenvalue weighted by molar-refractivity contribution is 0.541. The molecule has 7 aromatic heterocycles. The average Bonchev–Trinajstić information content (AvgIpc) is 1.63. The molecule has 0 N–H and O–H groups in total. The smallest absolute Gasteiger partial charge is 0.113 e. The van der Waals surface area contributed by atoms with E-state index in [4.69, 9.17) is 30.9 Å². The summed E-state index contributed by atoms with van der Waals surface area (Å²) in [6, 6.07) is 41.1. The lowest BCUT2D eigenvalue weighted by Crippen LogP contribution is -1.98. The van der Waals surface area contributed by atoms with Crippen molar-refractivity contribution in [3.05, 3.63) is 128 Å². The number of rotatable bonds is 33. The van der Waals surface area contributed by atoms with E-state index in [2.05, 4.69) is 162 Å². The maximum absolute atomic E-state index is 4.89. The Morgan fingerprint density at radius 2 is 0.467 bits per heavy atom. The summed E-state index contributed by atoms with van der Waals surface area (Å²) in [7, 11) is 0. The van der Waals surface area contributed by atoms with Gasteiger partial charge >= 0.3 is 0 Å². The van der Waals surface area contributed by atoms with Crippen molar-refractivity contribution in [2.24, 2.45) is 0 Å². The molecular formula is C78H96N12. The van der Waals surface area contributed by atoms with Crippen LogP contribution in [0.4, 0.5) is 0 Å². The molecule has 0 radical (unpaired) electrons. The van der Waals surface area contributed by atoms with Crippen molar-refractivity contribution in [2.45, 2.75) is 233 Å². The molecule has 0 amide bonds. The van der Waals surface area contributed by atoms with E-state index < -0.39 is 0 Å². The van der Waals surface area contributed by atoms with Gasteiger partial charge in [-0.15, -0.1) is 15.3 Å². The highest BCUT2D eigenvalue weighted by atomic mass is 15.4. The van der Waals surface area contributed by atoms with Gasteiger partial charge in [-0.3, -0.25) is 0 Å². The van der Waals surface area contributed by atoms with E-state index >= 15 is 0 Å². The Labute approximate surface area is 531 Å². The van der Waals surface area contributed by atoms with Crippen molar-refractivity contribution in [1.82, 2.24) is 58.2 Å². The summed E-state index contributed by atoms with van der Waals surface area (Å²) < 4.78 is 13.5. The summed E-state index contributed by atoms with van der Waals surface area (Å²) in [5.41, 5.74) is 12.9.